The van der Waals surface area contributed by atoms with Gasteiger partial charge in [0.05, 0.1) is 36.1 Å². The fraction of sp³-hybridized carbons (Fsp3) is 0.214. The highest BCUT2D eigenvalue weighted by atomic mass is 32.1. The van der Waals surface area contributed by atoms with E-state index in [4.69, 9.17) is 18.9 Å². The third-order valence-electron chi connectivity index (χ3n) is 5.76. The summed E-state index contributed by atoms with van der Waals surface area (Å²) in [5.74, 6) is -0.0420. The van der Waals surface area contributed by atoms with Gasteiger partial charge in [0.25, 0.3) is 5.56 Å². The van der Waals surface area contributed by atoms with Crippen LogP contribution in [-0.4, -0.2) is 37.3 Å². The molecule has 0 spiro atoms. The molecule has 2 aromatic carbocycles. The number of methoxy groups -OCH3 is 2. The number of thiazole rings is 1. The summed E-state index contributed by atoms with van der Waals surface area (Å²) >= 11 is 1.20. The molecule has 0 saturated carbocycles. The number of nitrogens with zero attached hydrogens (tertiary/aromatic N) is 2. The quantitative estimate of drug-likeness (QED) is 0.249. The molecule has 1 aliphatic rings. The SMILES string of the molecule is C=CCOC(=O)C1=C(C)N=c2s/c(=C\c3ccccc3OC)c(=O)n2C1c1ccc(OC(C)=O)c(OC)c1. The number of para-hydroxylation sites is 1. The summed E-state index contributed by atoms with van der Waals surface area (Å²) in [4.78, 5) is 43.5. The molecule has 0 amide bonds. The van der Waals surface area contributed by atoms with E-state index in [0.29, 0.717) is 26.3 Å². The molecule has 0 bridgehead atoms. The molecule has 2 heterocycles. The molecule has 0 aliphatic carbocycles. The van der Waals surface area contributed by atoms with E-state index in [0.717, 1.165) is 5.56 Å². The summed E-state index contributed by atoms with van der Waals surface area (Å²) in [5, 5.41) is 0. The lowest BCUT2D eigenvalue weighted by Gasteiger charge is -2.25. The van der Waals surface area contributed by atoms with E-state index in [2.05, 4.69) is 11.6 Å². The molecule has 9 nitrogen and oxygen atoms in total. The summed E-state index contributed by atoms with van der Waals surface area (Å²) < 4.78 is 23.3. The molecule has 10 heteroatoms. The van der Waals surface area contributed by atoms with Gasteiger partial charge in [-0.2, -0.15) is 0 Å². The van der Waals surface area contributed by atoms with Gasteiger partial charge >= 0.3 is 11.9 Å². The predicted octanol–water partition coefficient (Wildman–Crippen LogP) is 2.91. The second kappa shape index (κ2) is 11.3. The second-order valence-electron chi connectivity index (χ2n) is 8.21. The molecule has 1 unspecified atom stereocenters. The van der Waals surface area contributed by atoms with Crippen molar-refractivity contribution in [2.75, 3.05) is 20.8 Å². The molecule has 0 fully saturated rings. The third-order valence-corrected chi connectivity index (χ3v) is 6.74. The van der Waals surface area contributed by atoms with Crippen molar-refractivity contribution < 1.29 is 28.5 Å². The number of aromatic nitrogens is 1. The average Bonchev–Trinajstić information content (AvgIpc) is 3.20. The Balaban J connectivity index is 1.96. The highest BCUT2D eigenvalue weighted by Crippen LogP contribution is 2.36. The number of carbonyl (C=O) groups is 2. The van der Waals surface area contributed by atoms with Crippen LogP contribution in [0.15, 0.2) is 76.2 Å². The van der Waals surface area contributed by atoms with Crippen LogP contribution in [0.1, 0.15) is 31.0 Å². The van der Waals surface area contributed by atoms with Crippen molar-refractivity contribution in [2.24, 2.45) is 4.99 Å². The summed E-state index contributed by atoms with van der Waals surface area (Å²) in [6.07, 6.45) is 3.20. The minimum atomic E-state index is -0.872. The van der Waals surface area contributed by atoms with E-state index in [-0.39, 0.29) is 29.2 Å². The van der Waals surface area contributed by atoms with Gasteiger partial charge in [-0.25, -0.2) is 9.79 Å². The first-order valence-electron chi connectivity index (χ1n) is 11.6. The number of hydrogen-bond acceptors (Lipinski definition) is 9. The zero-order chi connectivity index (χ0) is 27.4. The van der Waals surface area contributed by atoms with E-state index in [1.54, 1.807) is 44.4 Å². The highest BCUT2D eigenvalue weighted by molar-refractivity contribution is 7.07. The van der Waals surface area contributed by atoms with Crippen molar-refractivity contribution in [3.8, 4) is 17.2 Å². The van der Waals surface area contributed by atoms with Gasteiger partial charge < -0.3 is 18.9 Å². The summed E-state index contributed by atoms with van der Waals surface area (Å²) in [5.41, 5.74) is 1.55. The van der Waals surface area contributed by atoms with Gasteiger partial charge in [-0.3, -0.25) is 14.2 Å². The van der Waals surface area contributed by atoms with Gasteiger partial charge in [-0.15, -0.1) is 0 Å². The zero-order valence-electron chi connectivity index (χ0n) is 21.3. The Morgan fingerprint density at radius 1 is 1.11 bits per heavy atom. The van der Waals surface area contributed by atoms with Crippen LogP contribution in [0.3, 0.4) is 0 Å². The van der Waals surface area contributed by atoms with E-state index < -0.39 is 18.0 Å². The lowest BCUT2D eigenvalue weighted by molar-refractivity contribution is -0.138. The van der Waals surface area contributed by atoms with Gasteiger partial charge in [0.15, 0.2) is 16.3 Å². The fourth-order valence-corrected chi connectivity index (χ4v) is 5.17. The normalized spacial score (nSPS) is 14.8. The maximum absolute atomic E-state index is 13.8. The minimum absolute atomic E-state index is 0.00470. The van der Waals surface area contributed by atoms with E-state index in [1.807, 2.05) is 18.2 Å². The first-order chi connectivity index (χ1) is 18.3. The monoisotopic (exact) mass is 534 g/mol. The summed E-state index contributed by atoms with van der Waals surface area (Å²) in [6.45, 7) is 6.57. The standard InChI is InChI=1S/C28H26N2O7S/c1-6-13-36-27(33)24-16(2)29-28-30(25(24)19-11-12-21(37-17(3)31)22(14-19)35-5)26(32)23(38-28)15-18-9-7-8-10-20(18)34-4/h6-12,14-15,25H,1,13H2,2-5H3/b23-15-. The Morgan fingerprint density at radius 3 is 2.53 bits per heavy atom. The number of carbonyl (C=O) groups excluding carboxylic acids is 2. The lowest BCUT2D eigenvalue weighted by Crippen LogP contribution is -2.40. The van der Waals surface area contributed by atoms with Crippen molar-refractivity contribution in [2.45, 2.75) is 19.9 Å². The maximum Gasteiger partial charge on any atom is 0.338 e. The molecule has 0 N–H and O–H groups in total. The number of benzene rings is 2. The number of allylic oxidation sites excluding steroid dienone is 1. The smallest absolute Gasteiger partial charge is 0.338 e. The number of ether oxygens (including phenoxy) is 4. The molecule has 4 rings (SSSR count). The van der Waals surface area contributed by atoms with Crippen molar-refractivity contribution in [3.63, 3.8) is 0 Å². The predicted molar refractivity (Wildman–Crippen MR) is 142 cm³/mol. The van der Waals surface area contributed by atoms with Gasteiger partial charge in [-0.1, -0.05) is 48.3 Å². The van der Waals surface area contributed by atoms with Crippen molar-refractivity contribution in [1.82, 2.24) is 4.57 Å². The van der Waals surface area contributed by atoms with Crippen LogP contribution >= 0.6 is 11.3 Å². The Bertz CT molecular complexity index is 1630. The van der Waals surface area contributed by atoms with Crippen molar-refractivity contribution >= 4 is 29.4 Å². The molecule has 196 valence electrons. The maximum atomic E-state index is 13.8. The van der Waals surface area contributed by atoms with E-state index in [1.165, 1.54) is 36.0 Å². The van der Waals surface area contributed by atoms with Crippen molar-refractivity contribution in [3.05, 3.63) is 97.2 Å². The fourth-order valence-electron chi connectivity index (χ4n) is 4.13. The van der Waals surface area contributed by atoms with E-state index in [9.17, 15) is 14.4 Å². The Morgan fingerprint density at radius 2 is 1.84 bits per heavy atom. The third kappa shape index (κ3) is 5.16. The molecule has 0 radical (unpaired) electrons. The zero-order valence-corrected chi connectivity index (χ0v) is 22.2. The lowest BCUT2D eigenvalue weighted by atomic mass is 9.95. The number of rotatable bonds is 8. The minimum Gasteiger partial charge on any atom is -0.496 e. The molecule has 38 heavy (non-hydrogen) atoms. The van der Waals surface area contributed by atoms with Crippen LogP contribution in [0.5, 0.6) is 17.2 Å². The van der Waals surface area contributed by atoms with Crippen LogP contribution in [-0.2, 0) is 14.3 Å². The Kier molecular flexibility index (Phi) is 7.92. The van der Waals surface area contributed by atoms with Gasteiger partial charge in [0, 0.05) is 12.5 Å². The highest BCUT2D eigenvalue weighted by Gasteiger charge is 2.34. The van der Waals surface area contributed by atoms with Gasteiger partial charge in [-0.05, 0) is 36.8 Å². The number of fused-ring (bicyclic) bond motifs is 1. The molecule has 3 aromatic rings. The first kappa shape index (κ1) is 26.6. The van der Waals surface area contributed by atoms with Crippen LogP contribution in [0, 0.1) is 0 Å². The number of hydrogen-bond donors (Lipinski definition) is 0. The van der Waals surface area contributed by atoms with Crippen LogP contribution in [0.4, 0.5) is 0 Å². The Labute approximate surface area is 222 Å². The summed E-state index contributed by atoms with van der Waals surface area (Å²) in [7, 11) is 3.00. The Hall–Kier alpha value is -4.44. The number of esters is 2. The molecular formula is C28H26N2O7S. The summed E-state index contributed by atoms with van der Waals surface area (Å²) in [6, 6.07) is 11.3. The topological polar surface area (TPSA) is 105 Å². The largest absolute Gasteiger partial charge is 0.496 e. The second-order valence-corrected chi connectivity index (χ2v) is 9.22. The first-order valence-corrected chi connectivity index (χ1v) is 12.4. The molecule has 1 aromatic heterocycles. The van der Waals surface area contributed by atoms with Crippen LogP contribution < -0.4 is 29.1 Å². The van der Waals surface area contributed by atoms with Gasteiger partial charge in [0.2, 0.25) is 0 Å². The van der Waals surface area contributed by atoms with Gasteiger partial charge in [0.1, 0.15) is 12.4 Å². The molecule has 1 aliphatic heterocycles. The van der Waals surface area contributed by atoms with Crippen LogP contribution in [0.2, 0.25) is 0 Å². The molecule has 0 saturated heterocycles. The van der Waals surface area contributed by atoms with E-state index >= 15 is 0 Å². The molecule has 1 atom stereocenters. The average molecular weight is 535 g/mol. The molecular weight excluding hydrogens is 508 g/mol. The van der Waals surface area contributed by atoms with Crippen LogP contribution in [0.25, 0.3) is 6.08 Å². The van der Waals surface area contributed by atoms with Crippen molar-refractivity contribution in [1.29, 1.82) is 0 Å².